The SMILES string of the molecule is Nc1ncnc2c1ncn2C1O[C@H](CSCCCl)[C@@H](O)[C@H]1O. The maximum atomic E-state index is 10.3. The molecule has 0 amide bonds. The van der Waals surface area contributed by atoms with Gasteiger partial charge in [-0.15, -0.1) is 11.6 Å². The fourth-order valence-corrected chi connectivity index (χ4v) is 3.52. The molecule has 3 rings (SSSR count). The maximum absolute atomic E-state index is 10.3. The van der Waals surface area contributed by atoms with Crippen LogP contribution in [-0.4, -0.2) is 65.4 Å². The van der Waals surface area contributed by atoms with Crippen LogP contribution in [0.3, 0.4) is 0 Å². The van der Waals surface area contributed by atoms with Crippen LogP contribution in [0.1, 0.15) is 6.23 Å². The summed E-state index contributed by atoms with van der Waals surface area (Å²) in [6.07, 6.45) is -0.508. The molecule has 0 spiro atoms. The summed E-state index contributed by atoms with van der Waals surface area (Å²) in [6, 6.07) is 0. The van der Waals surface area contributed by atoms with Crippen molar-refractivity contribution < 1.29 is 14.9 Å². The predicted molar refractivity (Wildman–Crippen MR) is 83.7 cm³/mol. The number of nitrogens with zero attached hydrogens (tertiary/aromatic N) is 4. The van der Waals surface area contributed by atoms with E-state index in [9.17, 15) is 10.2 Å². The maximum Gasteiger partial charge on any atom is 0.167 e. The van der Waals surface area contributed by atoms with Crippen LogP contribution >= 0.6 is 23.4 Å². The fourth-order valence-electron chi connectivity index (χ4n) is 2.41. The number of hydrogen-bond acceptors (Lipinski definition) is 8. The Hall–Kier alpha value is -1.13. The van der Waals surface area contributed by atoms with Crippen molar-refractivity contribution in [3.8, 4) is 0 Å². The second kappa shape index (κ2) is 6.55. The van der Waals surface area contributed by atoms with Crippen LogP contribution < -0.4 is 5.73 Å². The first-order valence-electron chi connectivity index (χ1n) is 6.71. The Bertz CT molecular complexity index is 657. The summed E-state index contributed by atoms with van der Waals surface area (Å²) in [5.41, 5.74) is 6.64. The van der Waals surface area contributed by atoms with Crippen LogP contribution in [0.25, 0.3) is 11.2 Å². The van der Waals surface area contributed by atoms with Gasteiger partial charge in [0, 0.05) is 17.4 Å². The normalized spacial score (nSPS) is 28.5. The van der Waals surface area contributed by atoms with Gasteiger partial charge in [0.15, 0.2) is 17.7 Å². The molecule has 1 fully saturated rings. The second-order valence-electron chi connectivity index (χ2n) is 4.89. The van der Waals surface area contributed by atoms with E-state index >= 15 is 0 Å². The van der Waals surface area contributed by atoms with Crippen molar-refractivity contribution in [2.45, 2.75) is 24.5 Å². The zero-order valence-corrected chi connectivity index (χ0v) is 13.1. The summed E-state index contributed by atoms with van der Waals surface area (Å²) in [5.74, 6) is 2.09. The van der Waals surface area contributed by atoms with E-state index in [1.165, 1.54) is 12.7 Å². The van der Waals surface area contributed by atoms with Crippen LogP contribution in [0.2, 0.25) is 0 Å². The number of aromatic nitrogens is 4. The molecule has 0 aliphatic carbocycles. The quantitative estimate of drug-likeness (QED) is 0.511. The van der Waals surface area contributed by atoms with Crippen molar-refractivity contribution in [3.05, 3.63) is 12.7 Å². The molecule has 0 aromatic carbocycles. The summed E-state index contributed by atoms with van der Waals surface area (Å²) in [5, 5.41) is 20.4. The van der Waals surface area contributed by atoms with Gasteiger partial charge in [-0.25, -0.2) is 15.0 Å². The highest BCUT2D eigenvalue weighted by Gasteiger charge is 2.44. The third-order valence-electron chi connectivity index (χ3n) is 3.50. The highest BCUT2D eigenvalue weighted by atomic mass is 35.5. The zero-order chi connectivity index (χ0) is 15.7. The summed E-state index contributed by atoms with van der Waals surface area (Å²) < 4.78 is 7.35. The van der Waals surface area contributed by atoms with Gasteiger partial charge in [0.1, 0.15) is 24.1 Å². The lowest BCUT2D eigenvalue weighted by atomic mass is 10.1. The van der Waals surface area contributed by atoms with Crippen molar-refractivity contribution in [1.29, 1.82) is 0 Å². The van der Waals surface area contributed by atoms with Crippen molar-refractivity contribution in [1.82, 2.24) is 19.5 Å². The van der Waals surface area contributed by atoms with E-state index < -0.39 is 24.5 Å². The number of nitrogen functional groups attached to an aromatic ring is 1. The van der Waals surface area contributed by atoms with Crippen LogP contribution in [0.5, 0.6) is 0 Å². The molecule has 2 aromatic rings. The number of imidazole rings is 1. The predicted octanol–water partition coefficient (Wildman–Crippen LogP) is -0.000300. The van der Waals surface area contributed by atoms with Gasteiger partial charge in [-0.3, -0.25) is 4.57 Å². The number of aliphatic hydroxyl groups excluding tert-OH is 2. The number of aliphatic hydroxyl groups is 2. The van der Waals surface area contributed by atoms with Gasteiger partial charge in [-0.05, 0) is 0 Å². The van der Waals surface area contributed by atoms with Crippen LogP contribution in [0.15, 0.2) is 12.7 Å². The molecule has 1 aliphatic heterocycles. The van der Waals surface area contributed by atoms with Crippen LogP contribution in [0, 0.1) is 0 Å². The number of thioether (sulfide) groups is 1. The summed E-state index contributed by atoms with van der Waals surface area (Å²) in [6.45, 7) is 0. The molecule has 1 aliphatic rings. The molecule has 0 radical (unpaired) electrons. The third-order valence-corrected chi connectivity index (χ3v) is 4.97. The van der Waals surface area contributed by atoms with Gasteiger partial charge in [0.2, 0.25) is 0 Å². The van der Waals surface area contributed by atoms with Crippen molar-refractivity contribution >= 4 is 40.3 Å². The summed E-state index contributed by atoms with van der Waals surface area (Å²) in [7, 11) is 0. The first-order chi connectivity index (χ1) is 10.6. The number of hydrogen-bond donors (Lipinski definition) is 3. The minimum atomic E-state index is -1.07. The Labute approximate surface area is 135 Å². The molecular weight excluding hydrogens is 330 g/mol. The van der Waals surface area contributed by atoms with Gasteiger partial charge in [0.25, 0.3) is 0 Å². The lowest BCUT2D eigenvalue weighted by Gasteiger charge is -2.16. The molecule has 2 aromatic heterocycles. The van der Waals surface area contributed by atoms with Crippen molar-refractivity contribution in [2.24, 2.45) is 0 Å². The number of fused-ring (bicyclic) bond motifs is 1. The molecular formula is C12H16ClN5O3S. The van der Waals surface area contributed by atoms with E-state index in [0.29, 0.717) is 22.8 Å². The highest BCUT2D eigenvalue weighted by molar-refractivity contribution is 7.99. The fraction of sp³-hybridized carbons (Fsp3) is 0.583. The average Bonchev–Trinajstić information content (AvgIpc) is 3.05. The number of anilines is 1. The highest BCUT2D eigenvalue weighted by Crippen LogP contribution is 2.33. The molecule has 120 valence electrons. The van der Waals surface area contributed by atoms with Gasteiger partial charge < -0.3 is 20.7 Å². The molecule has 1 unspecified atom stereocenters. The smallest absolute Gasteiger partial charge is 0.167 e. The second-order valence-corrected chi connectivity index (χ2v) is 6.42. The topological polar surface area (TPSA) is 119 Å². The van der Waals surface area contributed by atoms with E-state index in [0.717, 1.165) is 5.75 Å². The Morgan fingerprint density at radius 3 is 2.91 bits per heavy atom. The van der Waals surface area contributed by atoms with E-state index in [1.807, 2.05) is 0 Å². The lowest BCUT2D eigenvalue weighted by molar-refractivity contribution is -0.0288. The number of rotatable bonds is 5. The summed E-state index contributed by atoms with van der Waals surface area (Å²) >= 11 is 7.19. The van der Waals surface area contributed by atoms with Crippen LogP contribution in [0.4, 0.5) is 5.82 Å². The first kappa shape index (κ1) is 15.8. The number of nitrogens with two attached hydrogens (primary N) is 1. The molecule has 8 nitrogen and oxygen atoms in total. The number of ether oxygens (including phenoxy) is 1. The number of alkyl halides is 1. The van der Waals surface area contributed by atoms with E-state index in [1.54, 1.807) is 16.3 Å². The molecule has 4 N–H and O–H groups in total. The standard InChI is InChI=1S/C12H16ClN5O3S/c13-1-2-22-3-6-8(19)9(20)12(21-6)18-5-17-7-10(14)15-4-16-11(7)18/h4-6,8-9,12,19-20H,1-3H2,(H2,14,15,16)/t6-,8-,9-,12?/m1/s1. The van der Waals surface area contributed by atoms with E-state index in [-0.39, 0.29) is 5.82 Å². The molecule has 4 atom stereocenters. The molecule has 0 bridgehead atoms. The zero-order valence-electron chi connectivity index (χ0n) is 11.5. The Kier molecular flexibility index (Phi) is 4.69. The van der Waals surface area contributed by atoms with Gasteiger partial charge >= 0.3 is 0 Å². The summed E-state index contributed by atoms with van der Waals surface area (Å²) in [4.78, 5) is 12.1. The minimum absolute atomic E-state index is 0.256. The van der Waals surface area contributed by atoms with E-state index in [2.05, 4.69) is 15.0 Å². The largest absolute Gasteiger partial charge is 0.387 e. The van der Waals surface area contributed by atoms with Gasteiger partial charge in [-0.2, -0.15) is 11.8 Å². The minimum Gasteiger partial charge on any atom is -0.387 e. The number of halogens is 1. The van der Waals surface area contributed by atoms with E-state index in [4.69, 9.17) is 22.1 Å². The molecule has 22 heavy (non-hydrogen) atoms. The molecule has 3 heterocycles. The Balaban J connectivity index is 1.83. The van der Waals surface area contributed by atoms with Crippen molar-refractivity contribution in [2.75, 3.05) is 23.1 Å². The van der Waals surface area contributed by atoms with Crippen molar-refractivity contribution in [3.63, 3.8) is 0 Å². The third kappa shape index (κ3) is 2.74. The van der Waals surface area contributed by atoms with Crippen LogP contribution in [-0.2, 0) is 4.74 Å². The first-order valence-corrected chi connectivity index (χ1v) is 8.40. The Morgan fingerprint density at radius 1 is 1.32 bits per heavy atom. The van der Waals surface area contributed by atoms with Gasteiger partial charge in [0.05, 0.1) is 12.4 Å². The Morgan fingerprint density at radius 2 is 2.14 bits per heavy atom. The molecule has 10 heteroatoms. The monoisotopic (exact) mass is 345 g/mol. The average molecular weight is 346 g/mol. The van der Waals surface area contributed by atoms with Gasteiger partial charge in [-0.1, -0.05) is 0 Å². The lowest BCUT2D eigenvalue weighted by Crippen LogP contribution is -2.32. The molecule has 0 saturated carbocycles. The molecule has 1 saturated heterocycles.